The summed E-state index contributed by atoms with van der Waals surface area (Å²) in [6.45, 7) is 9.79. The van der Waals surface area contributed by atoms with E-state index < -0.39 is 11.3 Å². The fourth-order valence-corrected chi connectivity index (χ4v) is 5.25. The summed E-state index contributed by atoms with van der Waals surface area (Å²) in [5, 5.41) is 6.15. The van der Waals surface area contributed by atoms with Gasteiger partial charge >= 0.3 is 0 Å². The van der Waals surface area contributed by atoms with E-state index in [0.717, 1.165) is 63.4 Å². The first-order valence-electron chi connectivity index (χ1n) is 14.4. The van der Waals surface area contributed by atoms with Gasteiger partial charge in [0.15, 0.2) is 5.65 Å². The number of nitrogens with one attached hydrogen (secondary N) is 2. The zero-order chi connectivity index (χ0) is 28.9. The number of carbonyl (C=O) groups is 1. The average Bonchev–Trinajstić information content (AvgIpc) is 2.99. The molecule has 0 unspecified atom stereocenters. The summed E-state index contributed by atoms with van der Waals surface area (Å²) in [5.74, 6) is -0.0640. The molecule has 4 aromatic rings. The van der Waals surface area contributed by atoms with Crippen molar-refractivity contribution in [3.05, 3.63) is 87.3 Å². The summed E-state index contributed by atoms with van der Waals surface area (Å²) >= 11 is 0. The second-order valence-corrected chi connectivity index (χ2v) is 10.8. The van der Waals surface area contributed by atoms with Crippen molar-refractivity contribution in [2.45, 2.75) is 33.1 Å². The van der Waals surface area contributed by atoms with Crippen LogP contribution in [-0.2, 0) is 12.8 Å². The number of hydrogen-bond donors (Lipinski definition) is 2. The number of hydrogen-bond acceptors (Lipinski definition) is 7. The molecule has 1 amide bonds. The van der Waals surface area contributed by atoms with Gasteiger partial charge < -0.3 is 25.0 Å². The Hall–Kier alpha value is -4.08. The Morgan fingerprint density at radius 3 is 2.49 bits per heavy atom. The molecule has 0 aliphatic carbocycles. The van der Waals surface area contributed by atoms with Gasteiger partial charge in [-0.15, -0.1) is 0 Å². The molecule has 0 spiro atoms. The van der Waals surface area contributed by atoms with E-state index in [1.165, 1.54) is 29.9 Å². The third-order valence-electron chi connectivity index (χ3n) is 7.87. The maximum atomic E-state index is 13.3. The van der Waals surface area contributed by atoms with E-state index in [9.17, 15) is 9.59 Å². The number of amides is 1. The van der Waals surface area contributed by atoms with Crippen molar-refractivity contribution in [3.63, 3.8) is 0 Å². The predicted molar refractivity (Wildman–Crippen MR) is 165 cm³/mol. The van der Waals surface area contributed by atoms with Crippen LogP contribution >= 0.6 is 0 Å². The molecule has 5 rings (SSSR count). The first kappa shape index (κ1) is 28.4. The number of anilines is 2. The van der Waals surface area contributed by atoms with Crippen LogP contribution in [0.2, 0.25) is 0 Å². The topological polar surface area (TPSA) is 95.4 Å². The van der Waals surface area contributed by atoms with Gasteiger partial charge in [-0.1, -0.05) is 31.5 Å². The van der Waals surface area contributed by atoms with E-state index in [0.29, 0.717) is 11.6 Å². The fourth-order valence-electron chi connectivity index (χ4n) is 5.25. The molecular formula is C32H39N7O2. The van der Waals surface area contributed by atoms with Gasteiger partial charge in [-0.05, 0) is 67.8 Å². The van der Waals surface area contributed by atoms with Crippen molar-refractivity contribution in [3.8, 4) is 5.69 Å². The number of rotatable bonds is 9. The van der Waals surface area contributed by atoms with E-state index in [4.69, 9.17) is 4.98 Å². The van der Waals surface area contributed by atoms with Gasteiger partial charge in [-0.3, -0.25) is 9.59 Å². The largest absolute Gasteiger partial charge is 0.355 e. The molecular weight excluding hydrogens is 514 g/mol. The highest BCUT2D eigenvalue weighted by atomic mass is 16.2. The summed E-state index contributed by atoms with van der Waals surface area (Å²) in [5.41, 5.74) is 5.51. The number of aryl methyl sites for hydroxylation is 2. The average molecular weight is 554 g/mol. The smallest absolute Gasteiger partial charge is 0.256 e. The monoisotopic (exact) mass is 553 g/mol. The van der Waals surface area contributed by atoms with Gasteiger partial charge in [0.1, 0.15) is 5.56 Å². The summed E-state index contributed by atoms with van der Waals surface area (Å²) in [6.07, 6.45) is 6.04. The van der Waals surface area contributed by atoms with Gasteiger partial charge in [0.2, 0.25) is 11.4 Å². The zero-order valence-corrected chi connectivity index (χ0v) is 24.4. The minimum atomic E-state index is -0.443. The molecule has 0 bridgehead atoms. The number of carbonyl (C=O) groups excluding carboxylic acids is 1. The lowest BCUT2D eigenvalue weighted by Crippen LogP contribution is -2.45. The Morgan fingerprint density at radius 2 is 1.78 bits per heavy atom. The molecule has 214 valence electrons. The number of likely N-dealkylation sites (N-methyl/N-ethyl adjacent to an activating group) is 1. The highest BCUT2D eigenvalue weighted by molar-refractivity contribution is 5.97. The lowest BCUT2D eigenvalue weighted by Gasteiger charge is -2.32. The molecule has 3 heterocycles. The Bertz CT molecular complexity index is 1590. The van der Waals surface area contributed by atoms with Gasteiger partial charge in [0.05, 0.1) is 5.39 Å². The lowest BCUT2D eigenvalue weighted by atomic mass is 10.0. The van der Waals surface area contributed by atoms with Crippen LogP contribution in [0.15, 0.2) is 59.7 Å². The number of piperazine rings is 1. The standard InChI is InChI=1S/C32H39N7O2/c1-5-6-24-19-26(12-7-22(24)2)39-21-28(31(41)33-3)29(40)27-20-34-32(36-30(27)39)35-25-10-8-23(9-11-25)13-14-38-17-15-37(4)16-18-38/h7-12,19-21H,5-6,13-18H2,1-4H3,(H,33,41)(H,34,35,36). The maximum Gasteiger partial charge on any atom is 0.256 e. The molecule has 2 aromatic carbocycles. The Balaban J connectivity index is 1.43. The van der Waals surface area contributed by atoms with Crippen LogP contribution in [0.3, 0.4) is 0 Å². The molecule has 1 fully saturated rings. The van der Waals surface area contributed by atoms with Crippen LogP contribution in [0, 0.1) is 6.92 Å². The molecule has 9 nitrogen and oxygen atoms in total. The molecule has 2 N–H and O–H groups in total. The molecule has 2 aromatic heterocycles. The predicted octanol–water partition coefficient (Wildman–Crippen LogP) is 3.93. The second kappa shape index (κ2) is 12.6. The highest BCUT2D eigenvalue weighted by Crippen LogP contribution is 2.22. The number of nitrogens with zero attached hydrogens (tertiary/aromatic N) is 5. The zero-order valence-electron chi connectivity index (χ0n) is 24.4. The van der Waals surface area contributed by atoms with Gasteiger partial charge in [-0.2, -0.15) is 4.98 Å². The van der Waals surface area contributed by atoms with Crippen LogP contribution in [0.1, 0.15) is 40.4 Å². The van der Waals surface area contributed by atoms with Crippen molar-refractivity contribution in [1.82, 2.24) is 29.7 Å². The van der Waals surface area contributed by atoms with Crippen LogP contribution in [0.5, 0.6) is 0 Å². The first-order valence-corrected chi connectivity index (χ1v) is 14.4. The Kier molecular flexibility index (Phi) is 8.75. The molecule has 1 saturated heterocycles. The molecule has 0 radical (unpaired) electrons. The molecule has 0 saturated carbocycles. The molecule has 1 aliphatic rings. The van der Waals surface area contributed by atoms with Crippen LogP contribution in [0.4, 0.5) is 11.6 Å². The van der Waals surface area contributed by atoms with Gasteiger partial charge in [0, 0.05) is 63.5 Å². The number of fused-ring (bicyclic) bond motifs is 1. The Morgan fingerprint density at radius 1 is 1.02 bits per heavy atom. The fraction of sp³-hybridized carbons (Fsp3) is 0.375. The summed E-state index contributed by atoms with van der Waals surface area (Å²) < 4.78 is 1.81. The van der Waals surface area contributed by atoms with Crippen molar-refractivity contribution >= 4 is 28.6 Å². The third-order valence-corrected chi connectivity index (χ3v) is 7.87. The van der Waals surface area contributed by atoms with E-state index in [2.05, 4.69) is 70.6 Å². The normalized spacial score (nSPS) is 14.3. The maximum absolute atomic E-state index is 13.3. The van der Waals surface area contributed by atoms with Gasteiger partial charge in [-0.25, -0.2) is 4.98 Å². The molecule has 0 atom stereocenters. The van der Waals surface area contributed by atoms with E-state index >= 15 is 0 Å². The van der Waals surface area contributed by atoms with Crippen molar-refractivity contribution < 1.29 is 4.79 Å². The molecule has 41 heavy (non-hydrogen) atoms. The third kappa shape index (κ3) is 6.47. The summed E-state index contributed by atoms with van der Waals surface area (Å²) in [6, 6.07) is 14.5. The lowest BCUT2D eigenvalue weighted by molar-refractivity contribution is 0.0961. The van der Waals surface area contributed by atoms with Crippen LogP contribution in [-0.4, -0.2) is 77.1 Å². The highest BCUT2D eigenvalue weighted by Gasteiger charge is 2.18. The Labute approximate surface area is 241 Å². The van der Waals surface area contributed by atoms with E-state index in [1.54, 1.807) is 6.20 Å². The minimum absolute atomic E-state index is 0.0501. The number of aromatic nitrogens is 3. The first-order chi connectivity index (χ1) is 19.9. The van der Waals surface area contributed by atoms with Crippen LogP contribution < -0.4 is 16.1 Å². The number of pyridine rings is 1. The van der Waals surface area contributed by atoms with E-state index in [1.807, 2.05) is 22.8 Å². The summed E-state index contributed by atoms with van der Waals surface area (Å²) in [7, 11) is 3.69. The SMILES string of the molecule is CCCc1cc(-n2cc(C(=O)NC)c(=O)c3cnc(Nc4ccc(CCN5CCN(C)CC5)cc4)nc32)ccc1C. The second-order valence-electron chi connectivity index (χ2n) is 10.8. The quantitative estimate of drug-likeness (QED) is 0.324. The minimum Gasteiger partial charge on any atom is -0.355 e. The number of benzene rings is 2. The van der Waals surface area contributed by atoms with Crippen molar-refractivity contribution in [2.24, 2.45) is 0 Å². The molecule has 9 heteroatoms. The molecule has 1 aliphatic heterocycles. The van der Waals surface area contributed by atoms with E-state index in [-0.39, 0.29) is 10.9 Å². The summed E-state index contributed by atoms with van der Waals surface area (Å²) in [4.78, 5) is 39.9. The van der Waals surface area contributed by atoms with Crippen molar-refractivity contribution in [1.29, 1.82) is 0 Å². The van der Waals surface area contributed by atoms with Crippen LogP contribution in [0.25, 0.3) is 16.7 Å². The van der Waals surface area contributed by atoms with Gasteiger partial charge in [0.25, 0.3) is 5.91 Å². The van der Waals surface area contributed by atoms with Crippen molar-refractivity contribution in [2.75, 3.05) is 52.1 Å².